The van der Waals surface area contributed by atoms with Gasteiger partial charge in [0.15, 0.2) is 5.78 Å². The predicted octanol–water partition coefficient (Wildman–Crippen LogP) is 2.53. The third-order valence-electron chi connectivity index (χ3n) is 4.39. The molecule has 0 rings (SSSR count). The van der Waals surface area contributed by atoms with E-state index in [-0.39, 0.29) is 25.0 Å². The van der Waals surface area contributed by atoms with Crippen molar-refractivity contribution in [2.24, 2.45) is 17.3 Å². The van der Waals surface area contributed by atoms with Crippen LogP contribution in [0.2, 0.25) is 0 Å². The highest BCUT2D eigenvalue weighted by Gasteiger charge is 2.40. The van der Waals surface area contributed by atoms with Crippen molar-refractivity contribution in [1.82, 2.24) is 10.6 Å². The second-order valence-electron chi connectivity index (χ2n) is 8.78. The van der Waals surface area contributed by atoms with Gasteiger partial charge in [-0.1, -0.05) is 40.5 Å². The van der Waals surface area contributed by atoms with Crippen LogP contribution in [0.1, 0.15) is 80.6 Å². The number of aliphatic carboxylic acids is 1. The zero-order valence-electron chi connectivity index (χ0n) is 19.7. The van der Waals surface area contributed by atoms with Crippen LogP contribution in [0.25, 0.3) is 0 Å². The number of Topliss-reactive ketones (excluding diaryl/α,β-unsaturated/α-hetero) is 1. The van der Waals surface area contributed by atoms with Gasteiger partial charge in [0.25, 0.3) is 0 Å². The van der Waals surface area contributed by atoms with Gasteiger partial charge in [0, 0.05) is 13.0 Å². The Labute approximate surface area is 181 Å². The SMILES string of the molecule is CC(C)CCCCC(=O)NCC(=O)N[C@@H](CC(C)C)C(=O)C(C)(C)C(=O)O.CCO. The number of aliphatic hydroxyl groups is 1. The number of unbranched alkanes of at least 4 members (excludes halogenated alkanes) is 1. The van der Waals surface area contributed by atoms with Gasteiger partial charge in [-0.25, -0.2) is 0 Å². The molecule has 8 heteroatoms. The molecule has 0 aromatic rings. The van der Waals surface area contributed by atoms with E-state index in [1.807, 2.05) is 13.8 Å². The number of carboxylic acid groups (broad SMARTS) is 1. The molecule has 176 valence electrons. The van der Waals surface area contributed by atoms with Gasteiger partial charge in [0.2, 0.25) is 11.8 Å². The maximum atomic E-state index is 12.6. The minimum Gasteiger partial charge on any atom is -0.481 e. The molecular weight excluding hydrogens is 388 g/mol. The average molecular weight is 431 g/mol. The van der Waals surface area contributed by atoms with Crippen LogP contribution in [0.5, 0.6) is 0 Å². The molecule has 0 spiro atoms. The summed E-state index contributed by atoms with van der Waals surface area (Å²) in [7, 11) is 0. The summed E-state index contributed by atoms with van der Waals surface area (Å²) in [6, 6.07) is -0.897. The number of hydrogen-bond acceptors (Lipinski definition) is 5. The largest absolute Gasteiger partial charge is 0.481 e. The van der Waals surface area contributed by atoms with Gasteiger partial charge in [0.1, 0.15) is 5.41 Å². The lowest BCUT2D eigenvalue weighted by Gasteiger charge is -2.26. The highest BCUT2D eigenvalue weighted by molar-refractivity contribution is 6.06. The number of hydrogen-bond donors (Lipinski definition) is 4. The first-order valence-electron chi connectivity index (χ1n) is 10.7. The van der Waals surface area contributed by atoms with Gasteiger partial charge in [-0.2, -0.15) is 0 Å². The predicted molar refractivity (Wildman–Crippen MR) is 117 cm³/mol. The number of amides is 2. The molecule has 4 N–H and O–H groups in total. The Balaban J connectivity index is 0. The molecule has 0 aliphatic carbocycles. The molecule has 0 radical (unpaired) electrons. The molecule has 0 aromatic carbocycles. The summed E-state index contributed by atoms with van der Waals surface area (Å²) >= 11 is 0. The van der Waals surface area contributed by atoms with Crippen LogP contribution in [-0.2, 0) is 19.2 Å². The summed E-state index contributed by atoms with van der Waals surface area (Å²) in [5, 5.41) is 22.0. The fraction of sp³-hybridized carbons (Fsp3) is 0.818. The summed E-state index contributed by atoms with van der Waals surface area (Å²) in [6.07, 6.45) is 3.50. The Bertz CT molecular complexity index is 544. The molecule has 0 aliphatic rings. The highest BCUT2D eigenvalue weighted by Crippen LogP contribution is 2.21. The van der Waals surface area contributed by atoms with Crippen molar-refractivity contribution in [3.63, 3.8) is 0 Å². The molecule has 2 amide bonds. The lowest BCUT2D eigenvalue weighted by atomic mass is 9.82. The summed E-state index contributed by atoms with van der Waals surface area (Å²) in [5.41, 5.74) is -1.59. The van der Waals surface area contributed by atoms with Crippen LogP contribution >= 0.6 is 0 Å². The monoisotopic (exact) mass is 430 g/mol. The van der Waals surface area contributed by atoms with Crippen molar-refractivity contribution in [3.8, 4) is 0 Å². The van der Waals surface area contributed by atoms with Gasteiger partial charge in [0.05, 0.1) is 12.6 Å². The second kappa shape index (κ2) is 15.8. The van der Waals surface area contributed by atoms with E-state index in [1.165, 1.54) is 13.8 Å². The first-order chi connectivity index (χ1) is 13.8. The quantitative estimate of drug-likeness (QED) is 0.262. The van der Waals surface area contributed by atoms with Gasteiger partial charge in [-0.05, 0) is 45.4 Å². The molecule has 8 nitrogen and oxygen atoms in total. The van der Waals surface area contributed by atoms with Crippen LogP contribution in [0.15, 0.2) is 0 Å². The molecule has 0 aliphatic heterocycles. The maximum absolute atomic E-state index is 12.6. The number of aliphatic hydroxyl groups excluding tert-OH is 1. The molecule has 0 saturated carbocycles. The van der Waals surface area contributed by atoms with Gasteiger partial charge < -0.3 is 20.8 Å². The number of carboxylic acids is 1. The molecule has 0 bridgehead atoms. The Hall–Kier alpha value is -1.96. The number of rotatable bonds is 13. The highest BCUT2D eigenvalue weighted by atomic mass is 16.4. The Morgan fingerprint density at radius 3 is 1.90 bits per heavy atom. The smallest absolute Gasteiger partial charge is 0.316 e. The Morgan fingerprint density at radius 2 is 1.47 bits per heavy atom. The third kappa shape index (κ3) is 14.1. The van der Waals surface area contributed by atoms with Gasteiger partial charge >= 0.3 is 5.97 Å². The fourth-order valence-corrected chi connectivity index (χ4v) is 2.59. The van der Waals surface area contributed by atoms with E-state index < -0.39 is 29.1 Å². The van der Waals surface area contributed by atoms with Crippen LogP contribution in [0, 0.1) is 17.3 Å². The van der Waals surface area contributed by atoms with E-state index in [0.29, 0.717) is 18.8 Å². The zero-order chi connectivity index (χ0) is 23.9. The normalized spacial score (nSPS) is 12.1. The number of carbonyl (C=O) groups is 4. The van der Waals surface area contributed by atoms with E-state index in [0.717, 1.165) is 19.3 Å². The van der Waals surface area contributed by atoms with E-state index in [1.54, 1.807) is 6.92 Å². The number of carbonyl (C=O) groups excluding carboxylic acids is 3. The molecule has 0 aromatic heterocycles. The van der Waals surface area contributed by atoms with Crippen LogP contribution in [0.3, 0.4) is 0 Å². The van der Waals surface area contributed by atoms with Crippen molar-refractivity contribution in [1.29, 1.82) is 0 Å². The summed E-state index contributed by atoms with van der Waals surface area (Å²) in [5.74, 6) is -1.77. The fourth-order valence-electron chi connectivity index (χ4n) is 2.59. The van der Waals surface area contributed by atoms with Crippen LogP contribution < -0.4 is 10.6 Å². The van der Waals surface area contributed by atoms with E-state index in [4.69, 9.17) is 5.11 Å². The minimum atomic E-state index is -1.59. The molecule has 0 unspecified atom stereocenters. The topological polar surface area (TPSA) is 133 Å². The minimum absolute atomic E-state index is 0.0967. The standard InChI is InChI=1S/C20H36N2O5.C2H6O/c1-13(2)9-7-8-10-16(23)21-12-17(24)22-15(11-14(3)4)18(25)20(5,6)19(26)27;1-2-3/h13-15H,7-12H2,1-6H3,(H,21,23)(H,22,24)(H,26,27);3H,2H2,1H3/t15-;/m0./s1. The van der Waals surface area contributed by atoms with E-state index in [9.17, 15) is 24.3 Å². The summed E-state index contributed by atoms with van der Waals surface area (Å²) < 4.78 is 0. The van der Waals surface area contributed by atoms with E-state index >= 15 is 0 Å². The van der Waals surface area contributed by atoms with Crippen molar-refractivity contribution < 1.29 is 29.4 Å². The molecule has 0 heterocycles. The molecule has 0 fully saturated rings. The summed E-state index contributed by atoms with van der Waals surface area (Å²) in [4.78, 5) is 47.8. The van der Waals surface area contributed by atoms with Crippen molar-refractivity contribution in [2.45, 2.75) is 86.6 Å². The van der Waals surface area contributed by atoms with Crippen LogP contribution in [0.4, 0.5) is 0 Å². The second-order valence-corrected chi connectivity index (χ2v) is 8.78. The first-order valence-corrected chi connectivity index (χ1v) is 10.7. The molecular formula is C22H42N2O6. The van der Waals surface area contributed by atoms with Crippen molar-refractivity contribution in [3.05, 3.63) is 0 Å². The van der Waals surface area contributed by atoms with Gasteiger partial charge in [-0.3, -0.25) is 19.2 Å². The maximum Gasteiger partial charge on any atom is 0.316 e. The third-order valence-corrected chi connectivity index (χ3v) is 4.39. The first kappa shape index (κ1) is 30.2. The van der Waals surface area contributed by atoms with Gasteiger partial charge in [-0.15, -0.1) is 0 Å². The summed E-state index contributed by atoms with van der Waals surface area (Å²) in [6.45, 7) is 12.4. The Kier molecular flexibility index (Phi) is 15.9. The Morgan fingerprint density at radius 1 is 0.933 bits per heavy atom. The molecule has 0 saturated heterocycles. The number of ketones is 1. The lowest BCUT2D eigenvalue weighted by molar-refractivity contribution is -0.154. The number of nitrogens with one attached hydrogen (secondary N) is 2. The van der Waals surface area contributed by atoms with E-state index in [2.05, 4.69) is 24.5 Å². The van der Waals surface area contributed by atoms with Crippen molar-refractivity contribution >= 4 is 23.6 Å². The van der Waals surface area contributed by atoms with Crippen molar-refractivity contribution in [2.75, 3.05) is 13.2 Å². The molecule has 1 atom stereocenters. The lowest BCUT2D eigenvalue weighted by Crippen LogP contribution is -2.51. The molecule has 30 heavy (non-hydrogen) atoms. The zero-order valence-corrected chi connectivity index (χ0v) is 19.7. The average Bonchev–Trinajstić information content (AvgIpc) is 2.62. The van der Waals surface area contributed by atoms with Crippen LogP contribution in [-0.4, -0.2) is 53.0 Å².